The quantitative estimate of drug-likeness (QED) is 0.513. The Morgan fingerprint density at radius 3 is 2.59 bits per heavy atom. The second-order valence-electron chi connectivity index (χ2n) is 12.8. The highest BCUT2D eigenvalue weighted by Crippen LogP contribution is 2.37. The van der Waals surface area contributed by atoms with Gasteiger partial charge in [0.1, 0.15) is 11.5 Å². The van der Waals surface area contributed by atoms with Gasteiger partial charge >= 0.3 is 0 Å². The van der Waals surface area contributed by atoms with E-state index in [1.54, 1.807) is 14.2 Å². The fourth-order valence-corrected chi connectivity index (χ4v) is 7.71. The fraction of sp³-hybridized carbons (Fsp3) is 0.636. The highest BCUT2D eigenvalue weighted by atomic mass is 35.5. The molecule has 3 amide bonds. The van der Waals surface area contributed by atoms with Gasteiger partial charge in [-0.15, -0.1) is 24.8 Å². The van der Waals surface area contributed by atoms with E-state index in [2.05, 4.69) is 26.2 Å². The van der Waals surface area contributed by atoms with Crippen LogP contribution in [0.5, 0.6) is 11.5 Å². The van der Waals surface area contributed by atoms with Crippen LogP contribution >= 0.6 is 24.8 Å². The smallest absolute Gasteiger partial charge is 0.274 e. The van der Waals surface area contributed by atoms with Crippen molar-refractivity contribution in [1.29, 1.82) is 0 Å². The van der Waals surface area contributed by atoms with Crippen molar-refractivity contribution in [3.63, 3.8) is 0 Å². The number of hydrogen-bond acceptors (Lipinski definition) is 7. The number of carbonyl (C=O) groups excluding carboxylic acids is 3. The van der Waals surface area contributed by atoms with Gasteiger partial charge in [-0.1, -0.05) is 6.07 Å². The normalized spacial score (nSPS) is 23.8. The van der Waals surface area contributed by atoms with Crippen LogP contribution in [0, 0.1) is 11.8 Å². The van der Waals surface area contributed by atoms with Crippen LogP contribution in [-0.4, -0.2) is 96.6 Å². The van der Waals surface area contributed by atoms with E-state index in [1.165, 1.54) is 0 Å². The molecule has 0 spiro atoms. The van der Waals surface area contributed by atoms with Crippen LogP contribution in [0.1, 0.15) is 66.0 Å². The molecular formula is C33H48Cl2N6O5. The second kappa shape index (κ2) is 16.2. The lowest BCUT2D eigenvalue weighted by molar-refractivity contribution is -0.140. The van der Waals surface area contributed by atoms with E-state index in [-0.39, 0.29) is 60.4 Å². The first-order chi connectivity index (χ1) is 21.4. The van der Waals surface area contributed by atoms with Gasteiger partial charge in [-0.3, -0.25) is 14.4 Å². The third-order valence-electron chi connectivity index (χ3n) is 9.80. The summed E-state index contributed by atoms with van der Waals surface area (Å²) in [7, 11) is 3.27. The van der Waals surface area contributed by atoms with Crippen molar-refractivity contribution in [2.75, 3.05) is 53.5 Å². The van der Waals surface area contributed by atoms with E-state index in [1.807, 2.05) is 17.2 Å². The first-order valence-corrected chi connectivity index (χ1v) is 16.3. The molecule has 254 valence electrons. The maximum absolute atomic E-state index is 13.9. The summed E-state index contributed by atoms with van der Waals surface area (Å²) in [6.45, 7) is 5.04. The Morgan fingerprint density at radius 1 is 0.935 bits per heavy atom. The van der Waals surface area contributed by atoms with Crippen molar-refractivity contribution in [3.05, 3.63) is 41.0 Å². The van der Waals surface area contributed by atoms with E-state index in [0.29, 0.717) is 69.1 Å². The molecule has 1 aromatic carbocycles. The van der Waals surface area contributed by atoms with Crippen LogP contribution in [0.4, 0.5) is 0 Å². The average Bonchev–Trinajstić information content (AvgIpc) is 3.31. The van der Waals surface area contributed by atoms with Crippen LogP contribution in [0.15, 0.2) is 18.3 Å². The molecule has 5 heterocycles. The standard InChI is InChI=1S/C33H46N6O5.2ClH/c1-43-28-17-22-8-9-31(41)39-19-23-16-25(20-38(18-23)33(42)26-21-37-14-13-34-12-10-29(37)36-26)27(39)6-3-7-30(40)35-11-4-5-24(15-22)32(28)44-2;;/h15,17,21,23,25,27,34H,3-14,16,18-20H2,1-2H3,(H,35,40);2*1H/t23-,25+,27-;;/m0../s1. The predicted molar refractivity (Wildman–Crippen MR) is 179 cm³/mol. The number of ether oxygens (including phenoxy) is 2. The number of hydrogen-bond donors (Lipinski definition) is 2. The van der Waals surface area contributed by atoms with Gasteiger partial charge in [0.25, 0.3) is 5.91 Å². The lowest BCUT2D eigenvalue weighted by Crippen LogP contribution is -2.60. The molecule has 3 atom stereocenters. The van der Waals surface area contributed by atoms with Crippen molar-refractivity contribution >= 4 is 42.5 Å². The molecule has 0 radical (unpaired) electrons. The fourth-order valence-electron chi connectivity index (χ4n) is 7.71. The minimum absolute atomic E-state index is 0. The van der Waals surface area contributed by atoms with Crippen molar-refractivity contribution in [1.82, 2.24) is 30.0 Å². The number of carbonyl (C=O) groups is 3. The number of methoxy groups -OCH3 is 2. The molecule has 11 nitrogen and oxygen atoms in total. The van der Waals surface area contributed by atoms with Crippen molar-refractivity contribution in [2.45, 2.75) is 70.4 Å². The van der Waals surface area contributed by atoms with Crippen LogP contribution in [0.25, 0.3) is 0 Å². The molecular weight excluding hydrogens is 631 g/mol. The third-order valence-corrected chi connectivity index (χ3v) is 9.80. The van der Waals surface area contributed by atoms with Crippen LogP contribution < -0.4 is 20.1 Å². The zero-order valence-electron chi connectivity index (χ0n) is 26.9. The van der Waals surface area contributed by atoms with Gasteiger partial charge in [-0.25, -0.2) is 4.98 Å². The number of nitrogens with zero attached hydrogens (tertiary/aromatic N) is 4. The molecule has 4 bridgehead atoms. The maximum atomic E-state index is 13.9. The highest BCUT2D eigenvalue weighted by Gasteiger charge is 2.43. The van der Waals surface area contributed by atoms with Gasteiger partial charge in [-0.05, 0) is 67.6 Å². The van der Waals surface area contributed by atoms with Crippen molar-refractivity contribution in [3.8, 4) is 11.5 Å². The molecule has 0 unspecified atom stereocenters. The van der Waals surface area contributed by atoms with Gasteiger partial charge in [-0.2, -0.15) is 0 Å². The average molecular weight is 680 g/mol. The summed E-state index contributed by atoms with van der Waals surface area (Å²) in [6, 6.07) is 4.08. The summed E-state index contributed by atoms with van der Waals surface area (Å²) in [4.78, 5) is 49.1. The summed E-state index contributed by atoms with van der Waals surface area (Å²) in [5.41, 5.74) is 2.59. The molecule has 13 heteroatoms. The van der Waals surface area contributed by atoms with Gasteiger partial charge < -0.3 is 34.5 Å². The Balaban J connectivity index is 0.00000240. The van der Waals surface area contributed by atoms with Crippen LogP contribution in [0.3, 0.4) is 0 Å². The lowest BCUT2D eigenvalue weighted by atomic mass is 9.77. The number of aromatic nitrogens is 2. The molecule has 0 aliphatic carbocycles. The monoisotopic (exact) mass is 678 g/mol. The van der Waals surface area contributed by atoms with E-state index in [4.69, 9.17) is 14.5 Å². The Bertz CT molecular complexity index is 1360. The maximum Gasteiger partial charge on any atom is 0.274 e. The molecule has 2 fully saturated rings. The first-order valence-electron chi connectivity index (χ1n) is 16.3. The highest BCUT2D eigenvalue weighted by molar-refractivity contribution is 5.92. The van der Waals surface area contributed by atoms with Crippen LogP contribution in [0.2, 0.25) is 0 Å². The Labute approximate surface area is 283 Å². The zero-order valence-corrected chi connectivity index (χ0v) is 28.6. The Morgan fingerprint density at radius 2 is 1.78 bits per heavy atom. The summed E-state index contributed by atoms with van der Waals surface area (Å²) in [6.07, 6.45) is 8.17. The number of rotatable bonds is 3. The number of halogens is 2. The lowest BCUT2D eigenvalue weighted by Gasteiger charge is -2.51. The minimum atomic E-state index is -0.00940. The summed E-state index contributed by atoms with van der Waals surface area (Å²) >= 11 is 0. The van der Waals surface area contributed by atoms with Crippen molar-refractivity contribution in [2.24, 2.45) is 11.8 Å². The number of aryl methyl sites for hydroxylation is 2. The molecule has 4 aliphatic heterocycles. The molecule has 0 saturated carbocycles. The Hall–Kier alpha value is -3.02. The molecule has 2 aromatic rings. The summed E-state index contributed by atoms with van der Waals surface area (Å²) < 4.78 is 13.4. The predicted octanol–water partition coefficient (Wildman–Crippen LogP) is 3.04. The largest absolute Gasteiger partial charge is 0.493 e. The third kappa shape index (κ3) is 7.91. The van der Waals surface area contributed by atoms with E-state index in [9.17, 15) is 14.4 Å². The van der Waals surface area contributed by atoms with Gasteiger partial charge in [0, 0.05) is 77.3 Å². The molecule has 2 N–H and O–H groups in total. The summed E-state index contributed by atoms with van der Waals surface area (Å²) in [5.74, 6) is 2.91. The van der Waals surface area contributed by atoms with Crippen molar-refractivity contribution < 1.29 is 23.9 Å². The second-order valence-corrected chi connectivity index (χ2v) is 12.8. The minimum Gasteiger partial charge on any atom is -0.493 e. The Kier molecular flexibility index (Phi) is 12.6. The number of nitrogens with one attached hydrogen (secondary N) is 2. The topological polar surface area (TPSA) is 118 Å². The van der Waals surface area contributed by atoms with Gasteiger partial charge in [0.2, 0.25) is 11.8 Å². The molecule has 1 aromatic heterocycles. The molecule has 4 aliphatic rings. The number of imidazole rings is 1. The SMILES string of the molecule is COc1cc2cc(c1OC)CCCNC(=O)CCC[C@H]1[C@@H]3C[C@@H](CN(C(=O)c4cn5c(n4)CCNCC5)C3)CN1C(=O)CC2.Cl.Cl. The van der Waals surface area contributed by atoms with E-state index < -0.39 is 0 Å². The molecule has 6 rings (SSSR count). The number of amides is 3. The number of benzene rings is 1. The summed E-state index contributed by atoms with van der Waals surface area (Å²) in [5, 5.41) is 6.45. The first kappa shape index (κ1) is 35.8. The number of fused-ring (bicyclic) bond motifs is 7. The zero-order chi connectivity index (χ0) is 30.6. The van der Waals surface area contributed by atoms with Gasteiger partial charge in [0.05, 0.1) is 14.2 Å². The molecule has 46 heavy (non-hydrogen) atoms. The van der Waals surface area contributed by atoms with E-state index >= 15 is 0 Å². The number of piperidine rings is 2. The van der Waals surface area contributed by atoms with Gasteiger partial charge in [0.15, 0.2) is 11.5 Å². The molecule has 2 saturated heterocycles. The number of likely N-dealkylation sites (tertiary alicyclic amines) is 1. The van der Waals surface area contributed by atoms with E-state index in [0.717, 1.165) is 68.7 Å². The van der Waals surface area contributed by atoms with Crippen LogP contribution in [-0.2, 0) is 35.4 Å².